The highest BCUT2D eigenvalue weighted by Crippen LogP contribution is 2.33. The highest BCUT2D eigenvalue weighted by atomic mass is 35.5. The number of amides is 1. The Balaban J connectivity index is 2.59. The molecule has 2 nitrogen and oxygen atoms in total. The molecule has 18 heavy (non-hydrogen) atoms. The van der Waals surface area contributed by atoms with Crippen LogP contribution in [0.15, 0.2) is 48.5 Å². The van der Waals surface area contributed by atoms with Crippen molar-refractivity contribution in [3.63, 3.8) is 0 Å². The molecule has 0 fully saturated rings. The number of anilines is 1. The van der Waals surface area contributed by atoms with Crippen LogP contribution in [0.2, 0.25) is 0 Å². The van der Waals surface area contributed by atoms with Crippen LogP contribution in [-0.2, 0) is 0 Å². The van der Waals surface area contributed by atoms with E-state index in [1.54, 1.807) is 42.5 Å². The molecule has 0 unspecified atom stereocenters. The van der Waals surface area contributed by atoms with Crippen molar-refractivity contribution in [3.8, 4) is 11.1 Å². The molecule has 0 radical (unpaired) electrons. The second-order valence-corrected chi connectivity index (χ2v) is 4.19. The first-order valence-corrected chi connectivity index (χ1v) is 5.82. The highest BCUT2D eigenvalue weighted by Gasteiger charge is 2.16. The zero-order valence-corrected chi connectivity index (χ0v) is 10.6. The van der Waals surface area contributed by atoms with Gasteiger partial charge in [-0.05, 0) is 23.7 Å². The predicted octanol–water partition coefficient (Wildman–Crippen LogP) is 4.81. The normalized spacial score (nSPS) is 10.2. The lowest BCUT2D eigenvalue weighted by Crippen LogP contribution is -2.13. The molecule has 0 aromatic heterocycles. The molecular formula is C13H8Cl2FNO. The minimum Gasteiger partial charge on any atom is -0.254 e. The number of hydrogen-bond donors (Lipinski definition) is 0. The Morgan fingerprint density at radius 2 is 1.56 bits per heavy atom. The second-order valence-electron chi connectivity index (χ2n) is 3.53. The number of para-hydroxylation sites is 1. The summed E-state index contributed by atoms with van der Waals surface area (Å²) in [4.78, 5) is 11.1. The molecule has 2 rings (SSSR count). The van der Waals surface area contributed by atoms with E-state index in [4.69, 9.17) is 23.4 Å². The van der Waals surface area contributed by atoms with Gasteiger partial charge >= 0.3 is 5.37 Å². The first-order valence-electron chi connectivity index (χ1n) is 5.10. The summed E-state index contributed by atoms with van der Waals surface area (Å²) in [6.07, 6.45) is 0. The number of carbonyl (C=O) groups is 1. The molecule has 0 heterocycles. The lowest BCUT2D eigenvalue weighted by atomic mass is 10.0. The summed E-state index contributed by atoms with van der Waals surface area (Å²) in [5.74, 6) is -0.392. The van der Waals surface area contributed by atoms with Crippen LogP contribution in [0.25, 0.3) is 11.1 Å². The minimum atomic E-state index is -0.847. The van der Waals surface area contributed by atoms with Gasteiger partial charge in [0.15, 0.2) is 0 Å². The number of rotatable bonds is 2. The fourth-order valence-corrected chi connectivity index (χ4v) is 1.89. The van der Waals surface area contributed by atoms with E-state index in [1.165, 1.54) is 6.07 Å². The van der Waals surface area contributed by atoms with E-state index in [9.17, 15) is 9.18 Å². The second kappa shape index (κ2) is 5.38. The Kier molecular flexibility index (Phi) is 3.84. The summed E-state index contributed by atoms with van der Waals surface area (Å²) < 4.78 is 14.5. The van der Waals surface area contributed by atoms with Crippen LogP contribution in [-0.4, -0.2) is 5.37 Å². The van der Waals surface area contributed by atoms with Crippen molar-refractivity contribution in [1.82, 2.24) is 0 Å². The standard InChI is InChI=1S/C13H8Cl2FNO/c14-13(18)17(15)12-8-4-2-6-10(12)9-5-1-3-7-11(9)16/h1-8H. The van der Waals surface area contributed by atoms with E-state index < -0.39 is 11.2 Å². The smallest absolute Gasteiger partial charge is 0.254 e. The Labute approximate surface area is 114 Å². The maximum Gasteiger partial charge on any atom is 0.335 e. The Hall–Kier alpha value is -1.58. The van der Waals surface area contributed by atoms with E-state index in [1.807, 2.05) is 0 Å². The van der Waals surface area contributed by atoms with E-state index in [0.717, 1.165) is 4.42 Å². The summed E-state index contributed by atoms with van der Waals surface area (Å²) in [6.45, 7) is 0. The van der Waals surface area contributed by atoms with Crippen molar-refractivity contribution in [2.24, 2.45) is 0 Å². The van der Waals surface area contributed by atoms with Crippen molar-refractivity contribution in [1.29, 1.82) is 0 Å². The third-order valence-corrected chi connectivity index (χ3v) is 3.03. The third-order valence-electron chi connectivity index (χ3n) is 2.43. The Morgan fingerprint density at radius 1 is 1.00 bits per heavy atom. The Morgan fingerprint density at radius 3 is 2.17 bits per heavy atom. The van der Waals surface area contributed by atoms with Gasteiger partial charge in [-0.3, -0.25) is 4.79 Å². The summed E-state index contributed by atoms with van der Waals surface area (Å²) in [7, 11) is 0. The van der Waals surface area contributed by atoms with Crippen molar-refractivity contribution in [2.75, 3.05) is 4.42 Å². The van der Waals surface area contributed by atoms with Crippen LogP contribution in [0.5, 0.6) is 0 Å². The van der Waals surface area contributed by atoms with E-state index in [2.05, 4.69) is 0 Å². The number of halogens is 3. The van der Waals surface area contributed by atoms with Gasteiger partial charge in [-0.2, -0.15) is 0 Å². The molecule has 0 bridgehead atoms. The van der Waals surface area contributed by atoms with Gasteiger partial charge in [-0.15, -0.1) is 0 Å². The number of hydrogen-bond acceptors (Lipinski definition) is 1. The molecule has 2 aromatic rings. The highest BCUT2D eigenvalue weighted by molar-refractivity contribution is 6.71. The third kappa shape index (κ3) is 2.47. The van der Waals surface area contributed by atoms with Crippen molar-refractivity contribution >= 4 is 34.4 Å². The molecule has 92 valence electrons. The lowest BCUT2D eigenvalue weighted by Gasteiger charge is -2.15. The van der Waals surface area contributed by atoms with Gasteiger partial charge in [0.2, 0.25) is 0 Å². The predicted molar refractivity (Wildman–Crippen MR) is 71.4 cm³/mol. The minimum absolute atomic E-state index is 0.337. The molecule has 0 N–H and O–H groups in total. The van der Waals surface area contributed by atoms with Gasteiger partial charge in [0, 0.05) is 22.9 Å². The molecule has 0 aliphatic rings. The maximum absolute atomic E-state index is 13.7. The fourth-order valence-electron chi connectivity index (χ4n) is 1.65. The molecule has 1 amide bonds. The zero-order chi connectivity index (χ0) is 13.1. The topological polar surface area (TPSA) is 20.3 Å². The summed E-state index contributed by atoms with van der Waals surface area (Å²) >= 11 is 11.1. The SMILES string of the molecule is O=C(Cl)N(Cl)c1ccccc1-c1ccccc1F. The first kappa shape index (κ1) is 12.9. The van der Waals surface area contributed by atoms with Crippen LogP contribution < -0.4 is 4.42 Å². The van der Waals surface area contributed by atoms with Gasteiger partial charge in [-0.1, -0.05) is 36.4 Å². The summed E-state index contributed by atoms with van der Waals surface area (Å²) in [5, 5.41) is -0.847. The van der Waals surface area contributed by atoms with Gasteiger partial charge in [0.05, 0.1) is 5.69 Å². The number of benzene rings is 2. The molecule has 0 saturated heterocycles. The zero-order valence-electron chi connectivity index (χ0n) is 9.11. The molecule has 0 aliphatic carbocycles. The average molecular weight is 284 g/mol. The van der Waals surface area contributed by atoms with Crippen molar-refractivity contribution in [2.45, 2.75) is 0 Å². The van der Waals surface area contributed by atoms with Crippen LogP contribution in [0.1, 0.15) is 0 Å². The van der Waals surface area contributed by atoms with Crippen molar-refractivity contribution in [3.05, 3.63) is 54.3 Å². The van der Waals surface area contributed by atoms with Crippen molar-refractivity contribution < 1.29 is 9.18 Å². The van der Waals surface area contributed by atoms with Crippen LogP contribution in [0.4, 0.5) is 14.9 Å². The molecular weight excluding hydrogens is 276 g/mol. The van der Waals surface area contributed by atoms with Gasteiger partial charge in [0.1, 0.15) is 5.82 Å². The molecule has 2 aromatic carbocycles. The summed E-state index contributed by atoms with van der Waals surface area (Å²) in [6, 6.07) is 12.9. The van der Waals surface area contributed by atoms with E-state index in [-0.39, 0.29) is 0 Å². The van der Waals surface area contributed by atoms with E-state index >= 15 is 0 Å². The summed E-state index contributed by atoms with van der Waals surface area (Å²) in [5.41, 5.74) is 1.19. The fraction of sp³-hybridized carbons (Fsp3) is 0. The first-order chi connectivity index (χ1) is 8.61. The largest absolute Gasteiger partial charge is 0.335 e. The molecule has 0 aliphatic heterocycles. The van der Waals surface area contributed by atoms with Gasteiger partial charge < -0.3 is 0 Å². The molecule has 5 heteroatoms. The van der Waals surface area contributed by atoms with E-state index in [0.29, 0.717) is 16.8 Å². The molecule has 0 spiro atoms. The molecule has 0 atom stereocenters. The maximum atomic E-state index is 13.7. The van der Waals surface area contributed by atoms with Gasteiger partial charge in [-0.25, -0.2) is 8.81 Å². The average Bonchev–Trinajstić information content (AvgIpc) is 2.38. The van der Waals surface area contributed by atoms with Crippen LogP contribution in [0, 0.1) is 5.82 Å². The van der Waals surface area contributed by atoms with Crippen LogP contribution in [0.3, 0.4) is 0 Å². The lowest BCUT2D eigenvalue weighted by molar-refractivity contribution is 0.267. The molecule has 0 saturated carbocycles. The quantitative estimate of drug-likeness (QED) is 0.440. The monoisotopic (exact) mass is 283 g/mol. The van der Waals surface area contributed by atoms with Gasteiger partial charge in [0.25, 0.3) is 0 Å². The number of carbonyl (C=O) groups excluding carboxylic acids is 1. The number of nitrogens with zero attached hydrogens (tertiary/aromatic N) is 1. The Bertz CT molecular complexity index is 589. The van der Waals surface area contributed by atoms with Crippen LogP contribution >= 0.6 is 23.4 Å².